The lowest BCUT2D eigenvalue weighted by Gasteiger charge is -2.13. The van der Waals surface area contributed by atoms with Crippen LogP contribution in [-0.4, -0.2) is 6.54 Å². The van der Waals surface area contributed by atoms with Gasteiger partial charge in [0.1, 0.15) is 0 Å². The van der Waals surface area contributed by atoms with E-state index < -0.39 is 0 Å². The van der Waals surface area contributed by atoms with E-state index in [1.165, 1.54) is 10.5 Å². The van der Waals surface area contributed by atoms with Crippen molar-refractivity contribution in [2.24, 2.45) is 5.73 Å². The highest BCUT2D eigenvalue weighted by molar-refractivity contribution is 9.10. The molecule has 0 fully saturated rings. The minimum atomic E-state index is 0.338. The van der Waals surface area contributed by atoms with Crippen LogP contribution in [0.3, 0.4) is 0 Å². The Labute approximate surface area is 112 Å². The van der Waals surface area contributed by atoms with Crippen molar-refractivity contribution in [1.29, 1.82) is 0 Å². The first-order valence-electron chi connectivity index (χ1n) is 4.94. The summed E-state index contributed by atoms with van der Waals surface area (Å²) in [6, 6.07) is 10.4. The molecule has 16 heavy (non-hydrogen) atoms. The molecule has 2 rings (SSSR count). The van der Waals surface area contributed by atoms with Crippen LogP contribution in [0.4, 0.5) is 0 Å². The second-order valence-electron chi connectivity index (χ2n) is 3.33. The summed E-state index contributed by atoms with van der Waals surface area (Å²) in [5.74, 6) is 0. The van der Waals surface area contributed by atoms with E-state index in [1.54, 1.807) is 11.3 Å². The van der Waals surface area contributed by atoms with Gasteiger partial charge in [-0.1, -0.05) is 12.1 Å². The first kappa shape index (κ1) is 12.2. The van der Waals surface area contributed by atoms with Gasteiger partial charge in [0.25, 0.3) is 0 Å². The third-order valence-corrected chi connectivity index (χ3v) is 5.25. The minimum absolute atomic E-state index is 0.338. The maximum atomic E-state index is 5.83. The average Bonchev–Trinajstić information content (AvgIpc) is 2.81. The largest absolute Gasteiger partial charge is 0.329 e. The molecule has 1 aromatic carbocycles. The number of nitrogens with two attached hydrogens (primary N) is 1. The summed E-state index contributed by atoms with van der Waals surface area (Å²) < 4.78 is 1.13. The number of halogens is 1. The van der Waals surface area contributed by atoms with Gasteiger partial charge in [-0.2, -0.15) is 11.3 Å². The van der Waals surface area contributed by atoms with Crippen LogP contribution in [-0.2, 0) is 0 Å². The smallest absolute Gasteiger partial charge is 0.0475 e. The Kier molecular flexibility index (Phi) is 4.46. The Morgan fingerprint density at radius 2 is 2.12 bits per heavy atom. The molecule has 0 amide bonds. The van der Waals surface area contributed by atoms with Gasteiger partial charge in [0.15, 0.2) is 0 Å². The lowest BCUT2D eigenvalue weighted by molar-refractivity contribution is 0.945. The van der Waals surface area contributed by atoms with E-state index in [9.17, 15) is 0 Å². The summed E-state index contributed by atoms with van der Waals surface area (Å²) in [6.07, 6.45) is 0. The molecule has 1 atom stereocenters. The number of thioether (sulfide) groups is 1. The summed E-state index contributed by atoms with van der Waals surface area (Å²) in [6.45, 7) is 0.655. The zero-order chi connectivity index (χ0) is 11.4. The molecule has 0 radical (unpaired) electrons. The molecule has 0 bridgehead atoms. The van der Waals surface area contributed by atoms with Crippen molar-refractivity contribution in [2.75, 3.05) is 6.54 Å². The van der Waals surface area contributed by atoms with Crippen molar-refractivity contribution in [3.8, 4) is 0 Å². The molecule has 4 heteroatoms. The molecular formula is C12H12BrNS2. The zero-order valence-electron chi connectivity index (χ0n) is 8.60. The van der Waals surface area contributed by atoms with E-state index in [2.05, 4.69) is 44.9 Å². The minimum Gasteiger partial charge on any atom is -0.329 e. The lowest BCUT2D eigenvalue weighted by atomic mass is 10.2. The molecule has 1 nitrogen and oxygen atoms in total. The van der Waals surface area contributed by atoms with Gasteiger partial charge in [0.2, 0.25) is 0 Å². The van der Waals surface area contributed by atoms with Crippen LogP contribution >= 0.6 is 39.0 Å². The fraction of sp³-hybridized carbons (Fsp3) is 0.167. The number of benzene rings is 1. The summed E-state index contributed by atoms with van der Waals surface area (Å²) in [4.78, 5) is 1.24. The summed E-state index contributed by atoms with van der Waals surface area (Å²) >= 11 is 7.08. The van der Waals surface area contributed by atoms with Gasteiger partial charge in [-0.15, -0.1) is 11.8 Å². The highest BCUT2D eigenvalue weighted by Gasteiger charge is 2.13. The molecule has 2 N–H and O–H groups in total. The summed E-state index contributed by atoms with van der Waals surface area (Å²) in [5, 5.41) is 4.60. The molecule has 0 aliphatic rings. The molecule has 84 valence electrons. The van der Waals surface area contributed by atoms with Crippen LogP contribution in [0.2, 0.25) is 0 Å². The highest BCUT2D eigenvalue weighted by Crippen LogP contribution is 2.38. The van der Waals surface area contributed by atoms with E-state index in [1.807, 2.05) is 23.9 Å². The van der Waals surface area contributed by atoms with Crippen molar-refractivity contribution >= 4 is 39.0 Å². The predicted octanol–water partition coefficient (Wildman–Crippen LogP) is 4.30. The third kappa shape index (κ3) is 2.88. The third-order valence-electron chi connectivity index (χ3n) is 2.23. The van der Waals surface area contributed by atoms with Crippen LogP contribution in [0, 0.1) is 0 Å². The zero-order valence-corrected chi connectivity index (χ0v) is 11.8. The van der Waals surface area contributed by atoms with E-state index in [-0.39, 0.29) is 0 Å². The number of hydrogen-bond donors (Lipinski definition) is 1. The average molecular weight is 314 g/mol. The van der Waals surface area contributed by atoms with Crippen LogP contribution in [0.15, 0.2) is 50.5 Å². The Morgan fingerprint density at radius 3 is 2.75 bits per heavy atom. The Hall–Kier alpha value is -0.290. The van der Waals surface area contributed by atoms with Crippen molar-refractivity contribution in [1.82, 2.24) is 0 Å². The Balaban J connectivity index is 2.17. The number of rotatable bonds is 4. The van der Waals surface area contributed by atoms with E-state index >= 15 is 0 Å². The van der Waals surface area contributed by atoms with Crippen LogP contribution < -0.4 is 5.73 Å². The van der Waals surface area contributed by atoms with Crippen molar-refractivity contribution in [3.05, 3.63) is 51.1 Å². The first-order chi connectivity index (χ1) is 7.81. The fourth-order valence-electron chi connectivity index (χ4n) is 1.40. The van der Waals surface area contributed by atoms with Crippen LogP contribution in [0.1, 0.15) is 10.8 Å². The van der Waals surface area contributed by atoms with E-state index in [4.69, 9.17) is 5.73 Å². The molecule has 1 aromatic heterocycles. The Morgan fingerprint density at radius 1 is 1.31 bits per heavy atom. The van der Waals surface area contributed by atoms with Gasteiger partial charge >= 0.3 is 0 Å². The SMILES string of the molecule is NCC(Sc1ccccc1Br)c1ccsc1. The second kappa shape index (κ2) is 5.87. The van der Waals surface area contributed by atoms with Crippen LogP contribution in [0.5, 0.6) is 0 Å². The van der Waals surface area contributed by atoms with Crippen molar-refractivity contribution in [3.63, 3.8) is 0 Å². The van der Waals surface area contributed by atoms with Gasteiger partial charge in [-0.3, -0.25) is 0 Å². The maximum Gasteiger partial charge on any atom is 0.0475 e. The molecule has 0 aliphatic heterocycles. The molecule has 0 saturated carbocycles. The highest BCUT2D eigenvalue weighted by atomic mass is 79.9. The number of hydrogen-bond acceptors (Lipinski definition) is 3. The van der Waals surface area contributed by atoms with Gasteiger partial charge in [-0.25, -0.2) is 0 Å². The predicted molar refractivity (Wildman–Crippen MR) is 76.1 cm³/mol. The normalized spacial score (nSPS) is 12.6. The quantitative estimate of drug-likeness (QED) is 0.851. The Bertz CT molecular complexity index is 442. The van der Waals surface area contributed by atoms with Gasteiger partial charge in [-0.05, 0) is 50.5 Å². The molecular weight excluding hydrogens is 302 g/mol. The van der Waals surface area contributed by atoms with Gasteiger partial charge < -0.3 is 5.73 Å². The molecule has 0 saturated heterocycles. The molecule has 1 heterocycles. The number of thiophene rings is 1. The molecule has 0 aliphatic carbocycles. The van der Waals surface area contributed by atoms with Crippen molar-refractivity contribution < 1.29 is 0 Å². The maximum absolute atomic E-state index is 5.83. The monoisotopic (exact) mass is 313 g/mol. The van der Waals surface area contributed by atoms with Crippen molar-refractivity contribution in [2.45, 2.75) is 10.1 Å². The van der Waals surface area contributed by atoms with Gasteiger partial charge in [0.05, 0.1) is 0 Å². The lowest BCUT2D eigenvalue weighted by Crippen LogP contribution is -2.08. The first-order valence-corrected chi connectivity index (χ1v) is 7.56. The molecule has 1 unspecified atom stereocenters. The molecule has 2 aromatic rings. The van der Waals surface area contributed by atoms with Gasteiger partial charge in [0, 0.05) is 21.2 Å². The summed E-state index contributed by atoms with van der Waals surface area (Å²) in [7, 11) is 0. The topological polar surface area (TPSA) is 26.0 Å². The second-order valence-corrected chi connectivity index (χ2v) is 6.21. The summed E-state index contributed by atoms with van der Waals surface area (Å²) in [5.41, 5.74) is 7.14. The molecule has 0 spiro atoms. The standard InChI is InChI=1S/C12H12BrNS2/c13-10-3-1-2-4-11(10)16-12(7-14)9-5-6-15-8-9/h1-6,8,12H,7,14H2. The van der Waals surface area contributed by atoms with E-state index in [0.29, 0.717) is 11.8 Å². The van der Waals surface area contributed by atoms with Crippen LogP contribution in [0.25, 0.3) is 0 Å². The fourth-order valence-corrected chi connectivity index (χ4v) is 3.79. The van der Waals surface area contributed by atoms with E-state index in [0.717, 1.165) is 4.47 Å².